The van der Waals surface area contributed by atoms with Gasteiger partial charge in [-0.05, 0) is 13.0 Å². The molecular formula is C11H13FO4. The zero-order valence-corrected chi connectivity index (χ0v) is 9.28. The number of ether oxygens (including phenoxy) is 2. The van der Waals surface area contributed by atoms with Gasteiger partial charge < -0.3 is 14.6 Å². The lowest BCUT2D eigenvalue weighted by molar-refractivity contribution is -0.138. The molecule has 5 heteroatoms. The molecule has 0 radical (unpaired) electrons. The van der Waals surface area contributed by atoms with Crippen molar-refractivity contribution in [3.63, 3.8) is 0 Å². The average molecular weight is 228 g/mol. The first-order valence-corrected chi connectivity index (χ1v) is 4.65. The van der Waals surface area contributed by atoms with E-state index in [1.54, 1.807) is 0 Å². The number of carbonyl (C=O) groups is 1. The van der Waals surface area contributed by atoms with E-state index in [1.807, 2.05) is 0 Å². The Hall–Kier alpha value is -1.78. The third-order valence-corrected chi connectivity index (χ3v) is 2.34. The van der Waals surface area contributed by atoms with Crippen molar-refractivity contribution in [2.24, 2.45) is 0 Å². The second-order valence-electron chi connectivity index (χ2n) is 3.29. The van der Waals surface area contributed by atoms with Gasteiger partial charge in [0.2, 0.25) is 0 Å². The number of benzene rings is 1. The van der Waals surface area contributed by atoms with Crippen LogP contribution in [-0.2, 0) is 4.79 Å². The number of aliphatic carboxylic acids is 1. The molecule has 1 N–H and O–H groups in total. The summed E-state index contributed by atoms with van der Waals surface area (Å²) in [5.74, 6) is -2.09. The quantitative estimate of drug-likeness (QED) is 0.856. The zero-order valence-electron chi connectivity index (χ0n) is 9.28. The van der Waals surface area contributed by atoms with Crippen LogP contribution >= 0.6 is 0 Å². The van der Waals surface area contributed by atoms with Crippen LogP contribution in [0.25, 0.3) is 0 Å². The van der Waals surface area contributed by atoms with E-state index in [0.29, 0.717) is 5.75 Å². The molecule has 0 amide bonds. The van der Waals surface area contributed by atoms with E-state index in [2.05, 4.69) is 0 Å². The maximum atomic E-state index is 13.6. The Bertz CT molecular complexity index is 403. The Labute approximate surface area is 92.6 Å². The highest BCUT2D eigenvalue weighted by atomic mass is 19.1. The average Bonchev–Trinajstić information content (AvgIpc) is 2.27. The van der Waals surface area contributed by atoms with Gasteiger partial charge in [0.05, 0.1) is 20.1 Å². The SMILES string of the molecule is COc1cc(F)c(C(C)C(=O)O)cc1OC. The highest BCUT2D eigenvalue weighted by Crippen LogP contribution is 2.32. The molecule has 0 aliphatic rings. The molecular weight excluding hydrogens is 215 g/mol. The number of rotatable bonds is 4. The van der Waals surface area contributed by atoms with E-state index in [1.165, 1.54) is 27.2 Å². The Kier molecular flexibility index (Phi) is 3.71. The van der Waals surface area contributed by atoms with E-state index in [0.717, 1.165) is 6.07 Å². The van der Waals surface area contributed by atoms with Crippen molar-refractivity contribution >= 4 is 5.97 Å². The molecule has 0 bridgehead atoms. The van der Waals surface area contributed by atoms with Gasteiger partial charge in [0.15, 0.2) is 11.5 Å². The van der Waals surface area contributed by atoms with Gasteiger partial charge in [0.1, 0.15) is 5.82 Å². The first-order chi connectivity index (χ1) is 7.51. The molecule has 0 heterocycles. The van der Waals surface area contributed by atoms with E-state index >= 15 is 0 Å². The summed E-state index contributed by atoms with van der Waals surface area (Å²) in [6, 6.07) is 2.46. The van der Waals surface area contributed by atoms with Crippen LogP contribution in [0.3, 0.4) is 0 Å². The Morgan fingerprint density at radius 3 is 2.25 bits per heavy atom. The molecule has 88 valence electrons. The number of halogens is 1. The molecule has 0 spiro atoms. The summed E-state index contributed by atoms with van der Waals surface area (Å²) < 4.78 is 23.4. The number of carboxylic acids is 1. The zero-order chi connectivity index (χ0) is 12.3. The van der Waals surface area contributed by atoms with E-state index in [9.17, 15) is 9.18 Å². The van der Waals surface area contributed by atoms with Gasteiger partial charge in [-0.3, -0.25) is 4.79 Å². The van der Waals surface area contributed by atoms with Crippen molar-refractivity contribution in [1.29, 1.82) is 0 Å². The van der Waals surface area contributed by atoms with Crippen molar-refractivity contribution in [1.82, 2.24) is 0 Å². The van der Waals surface area contributed by atoms with Crippen molar-refractivity contribution in [2.45, 2.75) is 12.8 Å². The van der Waals surface area contributed by atoms with Crippen molar-refractivity contribution in [2.75, 3.05) is 14.2 Å². The lowest BCUT2D eigenvalue weighted by Crippen LogP contribution is -2.10. The summed E-state index contributed by atoms with van der Waals surface area (Å²) in [7, 11) is 2.79. The highest BCUT2D eigenvalue weighted by molar-refractivity contribution is 5.76. The Morgan fingerprint density at radius 1 is 1.31 bits per heavy atom. The molecule has 1 atom stereocenters. The van der Waals surface area contributed by atoms with Crippen LogP contribution in [-0.4, -0.2) is 25.3 Å². The van der Waals surface area contributed by atoms with Crippen LogP contribution in [0.5, 0.6) is 11.5 Å². The van der Waals surface area contributed by atoms with Crippen LogP contribution in [0.4, 0.5) is 4.39 Å². The van der Waals surface area contributed by atoms with Crippen molar-refractivity contribution in [3.8, 4) is 11.5 Å². The summed E-state index contributed by atoms with van der Waals surface area (Å²) >= 11 is 0. The van der Waals surface area contributed by atoms with Gasteiger partial charge in [0.25, 0.3) is 0 Å². The smallest absolute Gasteiger partial charge is 0.310 e. The first kappa shape index (κ1) is 12.3. The second kappa shape index (κ2) is 4.83. The fourth-order valence-electron chi connectivity index (χ4n) is 1.33. The molecule has 0 fully saturated rings. The monoisotopic (exact) mass is 228 g/mol. The van der Waals surface area contributed by atoms with Crippen LogP contribution in [0, 0.1) is 5.82 Å². The molecule has 0 aromatic heterocycles. The molecule has 16 heavy (non-hydrogen) atoms. The molecule has 1 aromatic carbocycles. The van der Waals surface area contributed by atoms with Crippen LogP contribution < -0.4 is 9.47 Å². The van der Waals surface area contributed by atoms with Gasteiger partial charge >= 0.3 is 5.97 Å². The Balaban J connectivity index is 3.26. The lowest BCUT2D eigenvalue weighted by Gasteiger charge is -2.13. The highest BCUT2D eigenvalue weighted by Gasteiger charge is 2.20. The maximum absolute atomic E-state index is 13.6. The normalized spacial score (nSPS) is 12.0. The van der Waals surface area contributed by atoms with Gasteiger partial charge in [-0.15, -0.1) is 0 Å². The summed E-state index contributed by atoms with van der Waals surface area (Å²) in [5.41, 5.74) is 0.0742. The number of carboxylic acid groups (broad SMARTS) is 1. The van der Waals surface area contributed by atoms with Crippen molar-refractivity contribution in [3.05, 3.63) is 23.5 Å². The van der Waals surface area contributed by atoms with E-state index in [-0.39, 0.29) is 11.3 Å². The van der Waals surface area contributed by atoms with Crippen LogP contribution in [0.1, 0.15) is 18.4 Å². The molecule has 0 saturated carbocycles. The summed E-state index contributed by atoms with van der Waals surface area (Å²) in [4.78, 5) is 10.8. The molecule has 1 rings (SSSR count). The molecule has 1 aromatic rings. The fourth-order valence-corrected chi connectivity index (χ4v) is 1.33. The van der Waals surface area contributed by atoms with Crippen LogP contribution in [0.2, 0.25) is 0 Å². The topological polar surface area (TPSA) is 55.8 Å². The first-order valence-electron chi connectivity index (χ1n) is 4.65. The Morgan fingerprint density at radius 2 is 1.81 bits per heavy atom. The molecule has 4 nitrogen and oxygen atoms in total. The number of methoxy groups -OCH3 is 2. The molecule has 1 unspecified atom stereocenters. The predicted octanol–water partition coefficient (Wildman–Crippen LogP) is 2.03. The van der Waals surface area contributed by atoms with E-state index in [4.69, 9.17) is 14.6 Å². The van der Waals surface area contributed by atoms with Gasteiger partial charge in [-0.2, -0.15) is 0 Å². The molecule has 0 saturated heterocycles. The van der Waals surface area contributed by atoms with E-state index < -0.39 is 17.7 Å². The van der Waals surface area contributed by atoms with Crippen molar-refractivity contribution < 1.29 is 23.8 Å². The minimum atomic E-state index is -1.09. The fraction of sp³-hybridized carbons (Fsp3) is 0.364. The number of hydrogen-bond acceptors (Lipinski definition) is 3. The summed E-state index contributed by atoms with van der Waals surface area (Å²) in [6.45, 7) is 1.41. The second-order valence-corrected chi connectivity index (χ2v) is 3.29. The third-order valence-electron chi connectivity index (χ3n) is 2.34. The summed E-state index contributed by atoms with van der Waals surface area (Å²) in [5, 5.41) is 8.81. The largest absolute Gasteiger partial charge is 0.493 e. The van der Waals surface area contributed by atoms with Crippen LogP contribution in [0.15, 0.2) is 12.1 Å². The maximum Gasteiger partial charge on any atom is 0.310 e. The minimum absolute atomic E-state index is 0.0742. The van der Waals surface area contributed by atoms with Gasteiger partial charge in [0, 0.05) is 11.6 Å². The van der Waals surface area contributed by atoms with Gasteiger partial charge in [-0.25, -0.2) is 4.39 Å². The standard InChI is InChI=1S/C11H13FO4/c1-6(11(13)14)7-4-9(15-2)10(16-3)5-8(7)12/h4-6H,1-3H3,(H,13,14). The summed E-state index contributed by atoms with van der Waals surface area (Å²) in [6.07, 6.45) is 0. The predicted molar refractivity (Wildman–Crippen MR) is 55.6 cm³/mol. The third kappa shape index (κ3) is 2.24. The molecule has 0 aliphatic heterocycles. The molecule has 0 aliphatic carbocycles. The van der Waals surface area contributed by atoms with Gasteiger partial charge in [-0.1, -0.05) is 0 Å². The minimum Gasteiger partial charge on any atom is -0.493 e. The lowest BCUT2D eigenvalue weighted by atomic mass is 10.0. The number of hydrogen-bond donors (Lipinski definition) is 1.